The highest BCUT2D eigenvalue weighted by atomic mass is 32.2. The van der Waals surface area contributed by atoms with Gasteiger partial charge in [-0.05, 0) is 44.8 Å². The molecule has 0 bridgehead atoms. The number of nitrogens with one attached hydrogen (secondary N) is 1. The van der Waals surface area contributed by atoms with E-state index in [-0.39, 0.29) is 28.6 Å². The molecule has 1 aliphatic heterocycles. The summed E-state index contributed by atoms with van der Waals surface area (Å²) in [6.07, 6.45) is 6.59. The predicted molar refractivity (Wildman–Crippen MR) is 71.3 cm³/mol. The summed E-state index contributed by atoms with van der Waals surface area (Å²) >= 11 is 1.84. The van der Waals surface area contributed by atoms with E-state index in [1.165, 1.54) is 12.8 Å². The molecule has 3 fully saturated rings. The minimum absolute atomic E-state index is 0.0170. The Hall–Kier alpha value is -0.710. The van der Waals surface area contributed by atoms with Crippen LogP contribution in [-0.2, 0) is 9.59 Å². The molecule has 0 radical (unpaired) electrons. The van der Waals surface area contributed by atoms with Crippen molar-refractivity contribution in [3.63, 3.8) is 0 Å². The van der Waals surface area contributed by atoms with Crippen LogP contribution in [-0.4, -0.2) is 46.3 Å². The average Bonchev–Trinajstić information content (AvgIpc) is 3.24. The number of rotatable bonds is 4. The van der Waals surface area contributed by atoms with Gasteiger partial charge in [-0.2, -0.15) is 11.8 Å². The van der Waals surface area contributed by atoms with Crippen LogP contribution in [0, 0.1) is 5.92 Å². The Morgan fingerprint density at radius 2 is 2.06 bits per heavy atom. The standard InChI is InChI=1S/C13H20N2O2S/c1-8-11(16)14-10(9-3-4-9)12(17)15(8)7-13(18-2)5-6-13/h8-10H,3-7H2,1-2H3,(H,14,16). The van der Waals surface area contributed by atoms with Crippen molar-refractivity contribution in [1.29, 1.82) is 0 Å². The molecule has 2 unspecified atom stereocenters. The highest BCUT2D eigenvalue weighted by molar-refractivity contribution is 8.00. The van der Waals surface area contributed by atoms with Crippen LogP contribution in [0.1, 0.15) is 32.6 Å². The molecule has 0 aromatic heterocycles. The summed E-state index contributed by atoms with van der Waals surface area (Å²) in [5.74, 6) is 0.550. The van der Waals surface area contributed by atoms with E-state index >= 15 is 0 Å². The van der Waals surface area contributed by atoms with Crippen molar-refractivity contribution in [1.82, 2.24) is 10.2 Å². The van der Waals surface area contributed by atoms with Crippen molar-refractivity contribution in [3.05, 3.63) is 0 Å². The van der Waals surface area contributed by atoms with Crippen LogP contribution in [0.25, 0.3) is 0 Å². The van der Waals surface area contributed by atoms with Gasteiger partial charge >= 0.3 is 0 Å². The minimum atomic E-state index is -0.308. The Morgan fingerprint density at radius 1 is 1.39 bits per heavy atom. The minimum Gasteiger partial charge on any atom is -0.342 e. The van der Waals surface area contributed by atoms with Crippen LogP contribution >= 0.6 is 11.8 Å². The van der Waals surface area contributed by atoms with E-state index in [4.69, 9.17) is 0 Å². The zero-order valence-electron chi connectivity index (χ0n) is 10.9. The molecule has 0 spiro atoms. The highest BCUT2D eigenvalue weighted by Crippen LogP contribution is 2.48. The van der Waals surface area contributed by atoms with Gasteiger partial charge in [0.15, 0.2) is 0 Å². The number of nitrogens with zero attached hydrogens (tertiary/aromatic N) is 1. The molecule has 2 amide bonds. The Kier molecular flexibility index (Phi) is 2.84. The van der Waals surface area contributed by atoms with Gasteiger partial charge in [-0.3, -0.25) is 9.59 Å². The van der Waals surface area contributed by atoms with Crippen LogP contribution in [0.5, 0.6) is 0 Å². The van der Waals surface area contributed by atoms with Crippen molar-refractivity contribution in [2.24, 2.45) is 5.92 Å². The molecular formula is C13H20N2O2S. The lowest BCUT2D eigenvalue weighted by Gasteiger charge is -2.39. The van der Waals surface area contributed by atoms with Gasteiger partial charge in [0.25, 0.3) is 0 Å². The third-order valence-electron chi connectivity index (χ3n) is 4.49. The van der Waals surface area contributed by atoms with Crippen molar-refractivity contribution >= 4 is 23.6 Å². The quantitative estimate of drug-likeness (QED) is 0.828. The molecule has 100 valence electrons. The van der Waals surface area contributed by atoms with Gasteiger partial charge in [-0.1, -0.05) is 0 Å². The second-order valence-electron chi connectivity index (χ2n) is 5.85. The van der Waals surface area contributed by atoms with E-state index in [2.05, 4.69) is 11.6 Å². The van der Waals surface area contributed by atoms with E-state index in [1.807, 2.05) is 23.6 Å². The van der Waals surface area contributed by atoms with E-state index in [9.17, 15) is 9.59 Å². The first-order valence-corrected chi connectivity index (χ1v) is 7.95. The molecule has 3 aliphatic rings. The normalized spacial score (nSPS) is 34.4. The first kappa shape index (κ1) is 12.3. The number of hydrogen-bond donors (Lipinski definition) is 1. The Morgan fingerprint density at radius 3 is 2.56 bits per heavy atom. The van der Waals surface area contributed by atoms with Crippen LogP contribution < -0.4 is 5.32 Å². The van der Waals surface area contributed by atoms with E-state index < -0.39 is 0 Å². The molecule has 4 nitrogen and oxygen atoms in total. The van der Waals surface area contributed by atoms with Crippen LogP contribution in [0.3, 0.4) is 0 Å². The third-order valence-corrected chi connectivity index (χ3v) is 5.89. The van der Waals surface area contributed by atoms with Crippen molar-refractivity contribution in [2.45, 2.75) is 49.4 Å². The Labute approximate surface area is 112 Å². The lowest BCUT2D eigenvalue weighted by molar-refractivity contribution is -0.149. The highest BCUT2D eigenvalue weighted by Gasteiger charge is 2.50. The second kappa shape index (κ2) is 4.15. The first-order valence-electron chi connectivity index (χ1n) is 6.72. The van der Waals surface area contributed by atoms with Crippen molar-refractivity contribution in [2.75, 3.05) is 12.8 Å². The number of carbonyl (C=O) groups excluding carboxylic acids is 2. The van der Waals surface area contributed by atoms with Gasteiger partial charge < -0.3 is 10.2 Å². The lowest BCUT2D eigenvalue weighted by atomic mass is 10.0. The van der Waals surface area contributed by atoms with Gasteiger partial charge in [0.2, 0.25) is 11.8 Å². The summed E-state index contributed by atoms with van der Waals surface area (Å²) in [4.78, 5) is 26.3. The summed E-state index contributed by atoms with van der Waals surface area (Å²) in [5, 5.41) is 2.90. The van der Waals surface area contributed by atoms with E-state index in [0.29, 0.717) is 5.92 Å². The molecule has 1 saturated heterocycles. The summed E-state index contributed by atoms with van der Waals surface area (Å²) < 4.78 is 0.232. The molecule has 1 heterocycles. The fourth-order valence-electron chi connectivity index (χ4n) is 2.69. The van der Waals surface area contributed by atoms with Gasteiger partial charge in [-0.15, -0.1) is 0 Å². The number of hydrogen-bond acceptors (Lipinski definition) is 3. The predicted octanol–water partition coefficient (Wildman–Crippen LogP) is 1.01. The SMILES string of the molecule is CSC1(CN2C(=O)C(C3CC3)NC(=O)C2C)CC1. The molecule has 2 aliphatic carbocycles. The number of piperazine rings is 1. The van der Waals surface area contributed by atoms with Crippen LogP contribution in [0.4, 0.5) is 0 Å². The van der Waals surface area contributed by atoms with Crippen LogP contribution in [0.2, 0.25) is 0 Å². The zero-order valence-corrected chi connectivity index (χ0v) is 11.8. The van der Waals surface area contributed by atoms with Gasteiger partial charge in [0.1, 0.15) is 12.1 Å². The molecule has 1 N–H and O–H groups in total. The topological polar surface area (TPSA) is 49.4 Å². The van der Waals surface area contributed by atoms with Crippen molar-refractivity contribution < 1.29 is 9.59 Å². The zero-order chi connectivity index (χ0) is 12.9. The number of thioether (sulfide) groups is 1. The molecule has 18 heavy (non-hydrogen) atoms. The summed E-state index contributed by atoms with van der Waals surface area (Å²) in [6.45, 7) is 2.58. The smallest absolute Gasteiger partial charge is 0.246 e. The maximum atomic E-state index is 12.5. The fourth-order valence-corrected chi connectivity index (χ4v) is 3.47. The molecule has 2 atom stereocenters. The van der Waals surface area contributed by atoms with Gasteiger partial charge in [0.05, 0.1) is 0 Å². The summed E-state index contributed by atoms with van der Waals surface area (Å²) in [7, 11) is 0. The largest absolute Gasteiger partial charge is 0.342 e. The molecule has 5 heteroatoms. The molecule has 0 aromatic rings. The van der Waals surface area contributed by atoms with Gasteiger partial charge in [-0.25, -0.2) is 0 Å². The molecular weight excluding hydrogens is 248 g/mol. The maximum Gasteiger partial charge on any atom is 0.246 e. The van der Waals surface area contributed by atoms with Crippen LogP contribution in [0.15, 0.2) is 0 Å². The van der Waals surface area contributed by atoms with Crippen molar-refractivity contribution in [3.8, 4) is 0 Å². The third kappa shape index (κ3) is 2.02. The molecule has 0 aromatic carbocycles. The van der Waals surface area contributed by atoms with Gasteiger partial charge in [0, 0.05) is 11.3 Å². The monoisotopic (exact) mass is 268 g/mol. The number of amides is 2. The van der Waals surface area contributed by atoms with E-state index in [1.54, 1.807) is 0 Å². The molecule has 3 rings (SSSR count). The lowest BCUT2D eigenvalue weighted by Crippen LogP contribution is -2.64. The van der Waals surface area contributed by atoms with E-state index in [0.717, 1.165) is 19.4 Å². The second-order valence-corrected chi connectivity index (χ2v) is 7.13. The molecule has 2 saturated carbocycles. The fraction of sp³-hybridized carbons (Fsp3) is 0.846. The summed E-state index contributed by atoms with van der Waals surface area (Å²) in [5.41, 5.74) is 0. The Balaban J connectivity index is 1.76. The number of carbonyl (C=O) groups is 2. The average molecular weight is 268 g/mol. The maximum absolute atomic E-state index is 12.5. The summed E-state index contributed by atoms with van der Waals surface area (Å²) in [6, 6.07) is -0.552. The Bertz CT molecular complexity index is 390. The first-order chi connectivity index (χ1) is 8.56.